The summed E-state index contributed by atoms with van der Waals surface area (Å²) in [6.45, 7) is 5.05. The molecule has 1 aromatic heterocycles. The van der Waals surface area contributed by atoms with Crippen molar-refractivity contribution < 1.29 is 19.4 Å². The second-order valence-corrected chi connectivity index (χ2v) is 9.49. The van der Waals surface area contributed by atoms with Crippen LogP contribution in [0.15, 0.2) is 52.1 Å². The number of alkyl carbamates (subject to hydrolysis) is 1. The van der Waals surface area contributed by atoms with Gasteiger partial charge in [-0.3, -0.25) is 9.36 Å². The van der Waals surface area contributed by atoms with Crippen LogP contribution in [0.3, 0.4) is 0 Å². The molecule has 0 spiro atoms. The Morgan fingerprint density at radius 3 is 2.26 bits per heavy atom. The summed E-state index contributed by atoms with van der Waals surface area (Å²) in [4.78, 5) is 51.8. The van der Waals surface area contributed by atoms with Crippen LogP contribution in [0.4, 0.5) is 10.5 Å². The van der Waals surface area contributed by atoms with E-state index in [0.717, 1.165) is 10.3 Å². The zero-order valence-corrected chi connectivity index (χ0v) is 20.7. The number of carbonyl (C=O) groups excluding carboxylic acids is 1. The van der Waals surface area contributed by atoms with E-state index in [0.29, 0.717) is 22.2 Å². The number of hydrogen-bond acceptors (Lipinski definition) is 6. The monoisotopic (exact) mass is 482 g/mol. The molecule has 0 aliphatic carbocycles. The van der Waals surface area contributed by atoms with Gasteiger partial charge in [0.25, 0.3) is 5.56 Å². The van der Waals surface area contributed by atoms with E-state index in [1.54, 1.807) is 64.2 Å². The summed E-state index contributed by atoms with van der Waals surface area (Å²) in [5.41, 5.74) is 0.587. The van der Waals surface area contributed by atoms with Crippen LogP contribution in [0.5, 0.6) is 0 Å². The van der Waals surface area contributed by atoms with Gasteiger partial charge in [0.05, 0.1) is 16.6 Å². The number of aromatic nitrogens is 2. The number of benzene rings is 2. The molecule has 0 unspecified atom stereocenters. The molecule has 0 bridgehead atoms. The van der Waals surface area contributed by atoms with E-state index < -0.39 is 35.0 Å². The van der Waals surface area contributed by atoms with Crippen molar-refractivity contribution in [2.45, 2.75) is 38.8 Å². The summed E-state index contributed by atoms with van der Waals surface area (Å²) in [6.07, 6.45) is -0.837. The van der Waals surface area contributed by atoms with E-state index in [9.17, 15) is 24.3 Å². The Hall–Kier alpha value is -4.08. The highest BCUT2D eigenvalue weighted by Gasteiger charge is 2.24. The van der Waals surface area contributed by atoms with Crippen molar-refractivity contribution in [2.75, 3.05) is 19.0 Å². The summed E-state index contributed by atoms with van der Waals surface area (Å²) in [5, 5.41) is 12.3. The topological polar surface area (TPSA) is 123 Å². The van der Waals surface area contributed by atoms with Crippen LogP contribution in [-0.4, -0.2) is 52.0 Å². The minimum Gasteiger partial charge on any atom is -0.480 e. The smallest absolute Gasteiger partial charge is 0.408 e. The molecule has 1 heterocycles. The van der Waals surface area contributed by atoms with E-state index in [1.807, 2.05) is 25.1 Å². The highest BCUT2D eigenvalue weighted by molar-refractivity contribution is 5.82. The summed E-state index contributed by atoms with van der Waals surface area (Å²) in [7, 11) is 5.33. The number of carboxylic acids is 1. The molecule has 186 valence electrons. The molecule has 2 aromatic carbocycles. The van der Waals surface area contributed by atoms with Gasteiger partial charge in [-0.2, -0.15) is 0 Å². The van der Waals surface area contributed by atoms with Crippen LogP contribution >= 0.6 is 0 Å². The SMILES string of the molecule is CN(C)c1ccc2c(c1)c(=O)n(-c1ccc(C[C@H](NC(=O)OC(C)(C)C)C(=O)O)cc1)c(=O)n2C. The number of ether oxygens (including phenoxy) is 1. The zero-order chi connectivity index (χ0) is 26.1. The Labute approximate surface area is 202 Å². The third kappa shape index (κ3) is 5.71. The molecule has 0 saturated heterocycles. The Morgan fingerprint density at radius 1 is 1.09 bits per heavy atom. The van der Waals surface area contributed by atoms with Crippen molar-refractivity contribution >= 4 is 28.7 Å². The molecule has 3 rings (SSSR count). The van der Waals surface area contributed by atoms with Crippen LogP contribution in [0.2, 0.25) is 0 Å². The molecular weight excluding hydrogens is 452 g/mol. The summed E-state index contributed by atoms with van der Waals surface area (Å²) in [6, 6.07) is 10.5. The number of hydrogen-bond donors (Lipinski definition) is 2. The molecule has 1 amide bonds. The van der Waals surface area contributed by atoms with Gasteiger partial charge >= 0.3 is 17.8 Å². The predicted molar refractivity (Wildman–Crippen MR) is 134 cm³/mol. The van der Waals surface area contributed by atoms with E-state index in [1.165, 1.54) is 4.57 Å². The second-order valence-electron chi connectivity index (χ2n) is 9.49. The van der Waals surface area contributed by atoms with Gasteiger partial charge in [-0.05, 0) is 56.7 Å². The molecule has 1 atom stereocenters. The molecule has 0 aliphatic heterocycles. The number of amides is 1. The number of carbonyl (C=O) groups is 2. The fourth-order valence-electron chi connectivity index (χ4n) is 3.62. The summed E-state index contributed by atoms with van der Waals surface area (Å²) < 4.78 is 7.63. The van der Waals surface area contributed by atoms with Crippen molar-refractivity contribution in [1.29, 1.82) is 0 Å². The lowest BCUT2D eigenvalue weighted by Crippen LogP contribution is -2.44. The second kappa shape index (κ2) is 9.65. The molecule has 0 saturated carbocycles. The molecule has 10 heteroatoms. The first-order valence-electron chi connectivity index (χ1n) is 11.0. The molecular formula is C25H30N4O6. The molecule has 3 aromatic rings. The lowest BCUT2D eigenvalue weighted by Gasteiger charge is -2.22. The number of anilines is 1. The number of nitrogens with one attached hydrogen (secondary N) is 1. The van der Waals surface area contributed by atoms with E-state index in [2.05, 4.69) is 5.32 Å². The lowest BCUT2D eigenvalue weighted by atomic mass is 10.1. The predicted octanol–water partition coefficient (Wildman–Crippen LogP) is 2.28. The van der Waals surface area contributed by atoms with Crippen LogP contribution in [0, 0.1) is 0 Å². The maximum atomic E-state index is 13.3. The third-order valence-corrected chi connectivity index (χ3v) is 5.39. The molecule has 2 N–H and O–H groups in total. The summed E-state index contributed by atoms with van der Waals surface area (Å²) >= 11 is 0. The first kappa shape index (κ1) is 25.5. The maximum Gasteiger partial charge on any atom is 0.408 e. The highest BCUT2D eigenvalue weighted by atomic mass is 16.6. The first-order chi connectivity index (χ1) is 16.3. The lowest BCUT2D eigenvalue weighted by molar-refractivity contribution is -0.139. The molecule has 10 nitrogen and oxygen atoms in total. The molecule has 35 heavy (non-hydrogen) atoms. The van der Waals surface area contributed by atoms with Gasteiger partial charge in [0.2, 0.25) is 0 Å². The van der Waals surface area contributed by atoms with E-state index >= 15 is 0 Å². The minimum absolute atomic E-state index is 0.00825. The van der Waals surface area contributed by atoms with Crippen molar-refractivity contribution in [3.05, 3.63) is 68.9 Å². The Balaban J connectivity index is 1.94. The Morgan fingerprint density at radius 2 is 1.71 bits per heavy atom. The number of aliphatic carboxylic acids is 1. The van der Waals surface area contributed by atoms with Gasteiger partial charge < -0.3 is 20.1 Å². The zero-order valence-electron chi connectivity index (χ0n) is 20.7. The molecule has 0 radical (unpaired) electrons. The van der Waals surface area contributed by atoms with E-state index in [-0.39, 0.29) is 6.42 Å². The average Bonchev–Trinajstić information content (AvgIpc) is 2.76. The number of fused-ring (bicyclic) bond motifs is 1. The number of aryl methyl sites for hydroxylation is 1. The van der Waals surface area contributed by atoms with Crippen molar-refractivity contribution in [3.63, 3.8) is 0 Å². The molecule has 0 fully saturated rings. The highest BCUT2D eigenvalue weighted by Crippen LogP contribution is 2.18. The summed E-state index contributed by atoms with van der Waals surface area (Å²) in [5.74, 6) is -1.21. The number of carboxylic acid groups (broad SMARTS) is 1. The van der Waals surface area contributed by atoms with Gasteiger partial charge in [-0.15, -0.1) is 0 Å². The van der Waals surface area contributed by atoms with Crippen molar-refractivity contribution in [1.82, 2.24) is 14.5 Å². The number of rotatable bonds is 6. The van der Waals surface area contributed by atoms with Gasteiger partial charge in [-0.25, -0.2) is 19.0 Å². The molecule has 0 aliphatic rings. The average molecular weight is 483 g/mol. The standard InChI is InChI=1S/C25H30N4O6/c1-25(2,3)35-23(33)26-19(22(31)32)13-15-7-9-16(10-8-15)29-21(30)18-14-17(27(4)5)11-12-20(18)28(6)24(29)34/h7-12,14,19H,13H2,1-6H3,(H,26,33)(H,31,32)/t19-/m0/s1. The first-order valence-corrected chi connectivity index (χ1v) is 11.0. The van der Waals surface area contributed by atoms with Crippen LogP contribution in [0.1, 0.15) is 26.3 Å². The van der Waals surface area contributed by atoms with Crippen LogP contribution < -0.4 is 21.5 Å². The van der Waals surface area contributed by atoms with Gasteiger partial charge in [0, 0.05) is 33.3 Å². The Bertz CT molecular complexity index is 1380. The van der Waals surface area contributed by atoms with Gasteiger partial charge in [0.1, 0.15) is 11.6 Å². The fourth-order valence-corrected chi connectivity index (χ4v) is 3.62. The van der Waals surface area contributed by atoms with Crippen LogP contribution in [-0.2, 0) is 23.0 Å². The Kier molecular flexibility index (Phi) is 7.04. The van der Waals surface area contributed by atoms with E-state index in [4.69, 9.17) is 4.74 Å². The van der Waals surface area contributed by atoms with Gasteiger partial charge in [0.15, 0.2) is 0 Å². The quantitative estimate of drug-likeness (QED) is 0.553. The third-order valence-electron chi connectivity index (χ3n) is 5.39. The van der Waals surface area contributed by atoms with Gasteiger partial charge in [-0.1, -0.05) is 12.1 Å². The fraction of sp³-hybridized carbons (Fsp3) is 0.360. The normalized spacial score (nSPS) is 12.3. The largest absolute Gasteiger partial charge is 0.480 e. The number of nitrogens with zero attached hydrogens (tertiary/aromatic N) is 3. The van der Waals surface area contributed by atoms with Crippen LogP contribution in [0.25, 0.3) is 16.6 Å². The van der Waals surface area contributed by atoms with Crippen molar-refractivity contribution in [2.24, 2.45) is 7.05 Å². The maximum absolute atomic E-state index is 13.3. The van der Waals surface area contributed by atoms with Crippen molar-refractivity contribution in [3.8, 4) is 5.69 Å². The minimum atomic E-state index is -1.21.